The van der Waals surface area contributed by atoms with Gasteiger partial charge < -0.3 is 4.81 Å². The summed E-state index contributed by atoms with van der Waals surface area (Å²) in [5.74, 6) is 1.16. The zero-order chi connectivity index (χ0) is 5.70. The molecule has 0 spiro atoms. The standard InChI is InChI=1S/C4H11BNS/c1-4-7-5-6(2)3/h4H2,1-3H3. The third-order valence-corrected chi connectivity index (χ3v) is 1.36. The molecule has 1 radical (unpaired) electrons. The van der Waals surface area contributed by atoms with Gasteiger partial charge >= 0.3 is 0 Å². The van der Waals surface area contributed by atoms with Gasteiger partial charge in [-0.15, -0.1) is 0 Å². The summed E-state index contributed by atoms with van der Waals surface area (Å²) in [6.07, 6.45) is 0. The molecule has 1 nitrogen and oxygen atoms in total. The topological polar surface area (TPSA) is 3.24 Å². The Labute approximate surface area is 50.6 Å². The van der Waals surface area contributed by atoms with Crippen LogP contribution in [0.25, 0.3) is 0 Å². The SMILES string of the molecule is CCS[B]N(C)C. The molecule has 0 bridgehead atoms. The highest BCUT2D eigenvalue weighted by atomic mass is 32.2. The van der Waals surface area contributed by atoms with Crippen molar-refractivity contribution in [3.05, 3.63) is 0 Å². The molecule has 3 heteroatoms. The normalized spacial score (nSPS) is 9.71. The van der Waals surface area contributed by atoms with Crippen molar-refractivity contribution < 1.29 is 0 Å². The van der Waals surface area contributed by atoms with Gasteiger partial charge in [-0.05, 0) is 19.8 Å². The van der Waals surface area contributed by atoms with Crippen molar-refractivity contribution in [1.82, 2.24) is 4.81 Å². The summed E-state index contributed by atoms with van der Waals surface area (Å²) in [7, 11) is 4.06. The Hall–Kier alpha value is 0.375. The largest absolute Gasteiger partial charge is 0.342 e. The van der Waals surface area contributed by atoms with E-state index in [2.05, 4.69) is 13.6 Å². The number of rotatable bonds is 3. The molecule has 0 rings (SSSR count). The molecule has 0 aromatic heterocycles. The van der Waals surface area contributed by atoms with Gasteiger partial charge in [0.25, 0.3) is 6.69 Å². The first-order valence-electron chi connectivity index (χ1n) is 2.38. The van der Waals surface area contributed by atoms with Crippen molar-refractivity contribution >= 4 is 18.3 Å². The van der Waals surface area contributed by atoms with Crippen molar-refractivity contribution in [1.29, 1.82) is 0 Å². The van der Waals surface area contributed by atoms with Crippen LogP contribution in [0.3, 0.4) is 0 Å². The van der Waals surface area contributed by atoms with Crippen molar-refractivity contribution in [2.45, 2.75) is 6.92 Å². The predicted molar refractivity (Wildman–Crippen MR) is 37.6 cm³/mol. The summed E-state index contributed by atoms with van der Waals surface area (Å²) in [5, 5.41) is 0. The van der Waals surface area contributed by atoms with E-state index < -0.39 is 0 Å². The Bertz CT molecular complexity index is 40.7. The van der Waals surface area contributed by atoms with Gasteiger partial charge in [-0.25, -0.2) is 0 Å². The molecular formula is C4H11BNS. The molecule has 41 valence electrons. The highest BCUT2D eigenvalue weighted by molar-refractivity contribution is 8.22. The molecule has 0 saturated heterocycles. The first kappa shape index (κ1) is 7.37. The summed E-state index contributed by atoms with van der Waals surface area (Å²) in [5.41, 5.74) is 0. The lowest BCUT2D eigenvalue weighted by atomic mass is 10.4. The minimum Gasteiger partial charge on any atom is -0.342 e. The molecule has 0 saturated carbocycles. The first-order chi connectivity index (χ1) is 3.27. The Balaban J connectivity index is 2.68. The molecule has 0 N–H and O–H groups in total. The van der Waals surface area contributed by atoms with Crippen LogP contribution in [0.2, 0.25) is 0 Å². The van der Waals surface area contributed by atoms with Crippen LogP contribution in [-0.4, -0.2) is 31.4 Å². The Morgan fingerprint density at radius 3 is 2.29 bits per heavy atom. The van der Waals surface area contributed by atoms with E-state index in [9.17, 15) is 0 Å². The number of nitrogens with zero attached hydrogens (tertiary/aromatic N) is 1. The van der Waals surface area contributed by atoms with Gasteiger partial charge in [0.1, 0.15) is 0 Å². The molecule has 0 heterocycles. The second kappa shape index (κ2) is 4.53. The minimum absolute atomic E-state index is 1.16. The Morgan fingerprint density at radius 2 is 2.14 bits per heavy atom. The van der Waals surface area contributed by atoms with Gasteiger partial charge in [-0.3, -0.25) is 0 Å². The van der Waals surface area contributed by atoms with E-state index in [0.717, 1.165) is 5.75 Å². The summed E-state index contributed by atoms with van der Waals surface area (Å²) < 4.78 is 0. The second-order valence-corrected chi connectivity index (χ2v) is 2.65. The molecule has 0 aliphatic rings. The molecule has 0 aromatic rings. The lowest BCUT2D eigenvalue weighted by Crippen LogP contribution is -2.13. The summed E-state index contributed by atoms with van der Waals surface area (Å²) >= 11 is 1.82. The summed E-state index contributed by atoms with van der Waals surface area (Å²) in [6, 6.07) is 0. The fraction of sp³-hybridized carbons (Fsp3) is 1.00. The van der Waals surface area contributed by atoms with Crippen LogP contribution in [0.15, 0.2) is 0 Å². The third kappa shape index (κ3) is 6.37. The van der Waals surface area contributed by atoms with E-state index in [1.54, 1.807) is 0 Å². The van der Waals surface area contributed by atoms with Crippen molar-refractivity contribution in [3.63, 3.8) is 0 Å². The molecule has 0 aromatic carbocycles. The van der Waals surface area contributed by atoms with E-state index in [1.807, 2.05) is 30.5 Å². The Morgan fingerprint density at radius 1 is 1.57 bits per heavy atom. The van der Waals surface area contributed by atoms with Gasteiger partial charge in [-0.2, -0.15) is 11.6 Å². The molecule has 0 amide bonds. The molecule has 0 unspecified atom stereocenters. The van der Waals surface area contributed by atoms with Crippen LogP contribution in [0.1, 0.15) is 6.92 Å². The van der Waals surface area contributed by atoms with E-state index in [0.29, 0.717) is 0 Å². The van der Waals surface area contributed by atoms with E-state index in [-0.39, 0.29) is 0 Å². The smallest absolute Gasteiger partial charge is 0.287 e. The van der Waals surface area contributed by atoms with Crippen LogP contribution in [0, 0.1) is 0 Å². The zero-order valence-corrected chi connectivity index (χ0v) is 5.96. The number of hydrogen-bond acceptors (Lipinski definition) is 2. The summed E-state index contributed by atoms with van der Waals surface area (Å²) in [6.45, 7) is 4.24. The average molecular weight is 116 g/mol. The lowest BCUT2D eigenvalue weighted by Gasteiger charge is -2.03. The number of hydrogen-bond donors (Lipinski definition) is 0. The van der Waals surface area contributed by atoms with Crippen LogP contribution in [0.5, 0.6) is 0 Å². The molecule has 0 atom stereocenters. The molecule has 0 fully saturated rings. The highest BCUT2D eigenvalue weighted by Crippen LogP contribution is 1.93. The highest BCUT2D eigenvalue weighted by Gasteiger charge is 1.88. The maximum absolute atomic E-state index is 2.14. The minimum atomic E-state index is 1.16. The first-order valence-corrected chi connectivity index (χ1v) is 3.43. The fourth-order valence-corrected chi connectivity index (χ4v) is 0.671. The van der Waals surface area contributed by atoms with Gasteiger partial charge in [0.15, 0.2) is 0 Å². The summed E-state index contributed by atoms with van der Waals surface area (Å²) in [4.78, 5) is 2.05. The van der Waals surface area contributed by atoms with Crippen LogP contribution in [-0.2, 0) is 0 Å². The quantitative estimate of drug-likeness (QED) is 0.502. The maximum atomic E-state index is 2.14. The van der Waals surface area contributed by atoms with Gasteiger partial charge in [0, 0.05) is 0 Å². The average Bonchev–Trinajstić information content (AvgIpc) is 1.61. The second-order valence-electron chi connectivity index (χ2n) is 1.52. The zero-order valence-electron chi connectivity index (χ0n) is 5.14. The third-order valence-electron chi connectivity index (χ3n) is 0.452. The van der Waals surface area contributed by atoms with Crippen molar-refractivity contribution in [2.75, 3.05) is 19.8 Å². The Kier molecular flexibility index (Phi) is 4.77. The molecular weight excluding hydrogens is 105 g/mol. The van der Waals surface area contributed by atoms with Crippen molar-refractivity contribution in [2.24, 2.45) is 0 Å². The van der Waals surface area contributed by atoms with Crippen LogP contribution in [0.4, 0.5) is 0 Å². The molecule has 0 aliphatic carbocycles. The van der Waals surface area contributed by atoms with Crippen LogP contribution >= 0.6 is 11.6 Å². The predicted octanol–water partition coefficient (Wildman–Crippen LogP) is 0.835. The molecule has 7 heavy (non-hydrogen) atoms. The van der Waals surface area contributed by atoms with Gasteiger partial charge in [-0.1, -0.05) is 6.92 Å². The monoisotopic (exact) mass is 116 g/mol. The maximum Gasteiger partial charge on any atom is 0.287 e. The van der Waals surface area contributed by atoms with E-state index in [4.69, 9.17) is 0 Å². The van der Waals surface area contributed by atoms with Gasteiger partial charge in [0.2, 0.25) is 0 Å². The van der Waals surface area contributed by atoms with Crippen molar-refractivity contribution in [3.8, 4) is 0 Å². The van der Waals surface area contributed by atoms with E-state index >= 15 is 0 Å². The lowest BCUT2D eigenvalue weighted by molar-refractivity contribution is 0.674. The van der Waals surface area contributed by atoms with Gasteiger partial charge in [0.05, 0.1) is 0 Å². The van der Waals surface area contributed by atoms with Crippen LogP contribution < -0.4 is 0 Å². The van der Waals surface area contributed by atoms with E-state index in [1.165, 1.54) is 0 Å². The molecule has 0 aliphatic heterocycles. The fourth-order valence-electron chi connectivity index (χ4n) is 0.224.